The highest BCUT2D eigenvalue weighted by Gasteiger charge is 2.16. The van der Waals surface area contributed by atoms with Crippen LogP contribution in [0.3, 0.4) is 0 Å². The number of H-pyrrole nitrogens is 1. The van der Waals surface area contributed by atoms with Crippen molar-refractivity contribution in [3.05, 3.63) is 70.7 Å². The second-order valence-corrected chi connectivity index (χ2v) is 8.47. The van der Waals surface area contributed by atoms with E-state index in [-0.39, 0.29) is 0 Å². The number of nitrogens with zero attached hydrogens (tertiary/aromatic N) is 3. The van der Waals surface area contributed by atoms with E-state index in [2.05, 4.69) is 57.4 Å². The zero-order valence-electron chi connectivity index (χ0n) is 16.1. The highest BCUT2D eigenvalue weighted by Crippen LogP contribution is 2.24. The van der Waals surface area contributed by atoms with Crippen LogP contribution in [0.1, 0.15) is 16.1 Å². The monoisotopic (exact) mass is 401 g/mol. The Kier molecular flexibility index (Phi) is 4.87. The van der Waals surface area contributed by atoms with Gasteiger partial charge in [0, 0.05) is 36.5 Å². The zero-order valence-corrected chi connectivity index (χ0v) is 17.0. The van der Waals surface area contributed by atoms with Gasteiger partial charge in [-0.3, -0.25) is 4.90 Å². The lowest BCUT2D eigenvalue weighted by atomic mass is 10.2. The number of nitrogen functional groups attached to an aromatic ring is 1. The third kappa shape index (κ3) is 3.95. The molecule has 0 saturated carbocycles. The summed E-state index contributed by atoms with van der Waals surface area (Å²) in [6, 6.07) is 16.6. The molecule has 0 saturated heterocycles. The van der Waals surface area contributed by atoms with E-state index in [0.717, 1.165) is 54.9 Å². The van der Waals surface area contributed by atoms with Gasteiger partial charge in [-0.2, -0.15) is 0 Å². The average molecular weight is 402 g/mol. The normalized spacial score (nSPS) is 15.0. The van der Waals surface area contributed by atoms with Crippen LogP contribution in [0, 0.1) is 0 Å². The maximum absolute atomic E-state index is 5.84. The van der Waals surface area contributed by atoms with Crippen molar-refractivity contribution in [2.75, 3.05) is 25.4 Å². The Hall–Kier alpha value is -2.96. The fourth-order valence-electron chi connectivity index (χ4n) is 3.81. The van der Waals surface area contributed by atoms with E-state index in [1.807, 2.05) is 18.2 Å². The SMILES string of the molecule is Nc1nc2c(s1)CCN(C/C=C/c1ccc3[nH]c(-c4ccccc4)nc3c1)CC2. The number of anilines is 1. The van der Waals surface area contributed by atoms with Gasteiger partial charge >= 0.3 is 0 Å². The molecular weight excluding hydrogens is 378 g/mol. The molecule has 0 aliphatic carbocycles. The lowest BCUT2D eigenvalue weighted by molar-refractivity contribution is 0.318. The second kappa shape index (κ2) is 7.81. The number of imidazole rings is 1. The lowest BCUT2D eigenvalue weighted by Crippen LogP contribution is -2.26. The Labute approximate surface area is 173 Å². The number of nitrogens with one attached hydrogen (secondary N) is 1. The second-order valence-electron chi connectivity index (χ2n) is 7.35. The van der Waals surface area contributed by atoms with E-state index in [0.29, 0.717) is 5.13 Å². The molecule has 5 nitrogen and oxygen atoms in total. The Morgan fingerprint density at radius 1 is 1.07 bits per heavy atom. The van der Waals surface area contributed by atoms with E-state index in [1.54, 1.807) is 11.3 Å². The van der Waals surface area contributed by atoms with Gasteiger partial charge in [0.25, 0.3) is 0 Å². The Balaban J connectivity index is 1.25. The number of aromatic nitrogens is 3. The van der Waals surface area contributed by atoms with Crippen molar-refractivity contribution in [2.45, 2.75) is 12.8 Å². The third-order valence-corrected chi connectivity index (χ3v) is 6.33. The number of fused-ring (bicyclic) bond motifs is 2. The summed E-state index contributed by atoms with van der Waals surface area (Å²) >= 11 is 1.64. The summed E-state index contributed by atoms with van der Waals surface area (Å²) < 4.78 is 0. The lowest BCUT2D eigenvalue weighted by Gasteiger charge is -2.17. The molecule has 2 aromatic carbocycles. The van der Waals surface area contributed by atoms with Crippen LogP contribution >= 0.6 is 11.3 Å². The first-order valence-corrected chi connectivity index (χ1v) is 10.7. The van der Waals surface area contributed by atoms with Crippen LogP contribution in [-0.2, 0) is 12.8 Å². The number of nitrogens with two attached hydrogens (primary N) is 1. The van der Waals surface area contributed by atoms with Gasteiger partial charge in [0.2, 0.25) is 0 Å². The molecule has 0 bridgehead atoms. The van der Waals surface area contributed by atoms with E-state index >= 15 is 0 Å². The maximum atomic E-state index is 5.84. The van der Waals surface area contributed by atoms with Gasteiger partial charge in [-0.25, -0.2) is 9.97 Å². The highest BCUT2D eigenvalue weighted by atomic mass is 32.1. The van der Waals surface area contributed by atoms with Crippen LogP contribution in [0.15, 0.2) is 54.6 Å². The molecule has 29 heavy (non-hydrogen) atoms. The van der Waals surface area contributed by atoms with Gasteiger partial charge in [0.05, 0.1) is 16.7 Å². The summed E-state index contributed by atoms with van der Waals surface area (Å²) in [5.41, 5.74) is 11.4. The largest absolute Gasteiger partial charge is 0.375 e. The van der Waals surface area contributed by atoms with E-state index in [4.69, 9.17) is 10.7 Å². The minimum Gasteiger partial charge on any atom is -0.375 e. The molecule has 4 aromatic rings. The molecule has 0 atom stereocenters. The molecule has 0 fully saturated rings. The minimum atomic E-state index is 0.701. The number of benzene rings is 2. The molecule has 146 valence electrons. The summed E-state index contributed by atoms with van der Waals surface area (Å²) in [4.78, 5) is 16.5. The van der Waals surface area contributed by atoms with E-state index in [9.17, 15) is 0 Å². The first-order chi connectivity index (χ1) is 14.2. The van der Waals surface area contributed by atoms with Crippen molar-refractivity contribution < 1.29 is 0 Å². The fraction of sp³-hybridized carbons (Fsp3) is 0.217. The Morgan fingerprint density at radius 2 is 1.93 bits per heavy atom. The van der Waals surface area contributed by atoms with Gasteiger partial charge in [-0.1, -0.05) is 48.6 Å². The predicted octanol–water partition coefficient (Wildman–Crippen LogP) is 4.38. The summed E-state index contributed by atoms with van der Waals surface area (Å²) in [7, 11) is 0. The van der Waals surface area contributed by atoms with E-state index < -0.39 is 0 Å². The van der Waals surface area contributed by atoms with E-state index in [1.165, 1.54) is 16.1 Å². The molecule has 3 heterocycles. The molecule has 0 spiro atoms. The van der Waals surface area contributed by atoms with Gasteiger partial charge in [-0.05, 0) is 24.1 Å². The van der Waals surface area contributed by atoms with Crippen molar-refractivity contribution in [3.63, 3.8) is 0 Å². The number of aromatic amines is 1. The highest BCUT2D eigenvalue weighted by molar-refractivity contribution is 7.15. The van der Waals surface area contributed by atoms with Crippen molar-refractivity contribution >= 4 is 33.6 Å². The molecule has 6 heteroatoms. The van der Waals surface area contributed by atoms with Crippen molar-refractivity contribution in [2.24, 2.45) is 0 Å². The number of rotatable bonds is 4. The molecule has 0 amide bonds. The van der Waals surface area contributed by atoms with Crippen molar-refractivity contribution in [3.8, 4) is 11.4 Å². The summed E-state index contributed by atoms with van der Waals surface area (Å²) in [6.45, 7) is 3.02. The first-order valence-electron chi connectivity index (χ1n) is 9.93. The number of hydrogen-bond acceptors (Lipinski definition) is 5. The molecule has 1 aliphatic heterocycles. The van der Waals surface area contributed by atoms with Crippen LogP contribution in [0.4, 0.5) is 5.13 Å². The van der Waals surface area contributed by atoms with Gasteiger partial charge < -0.3 is 10.7 Å². The first kappa shape index (κ1) is 18.1. The predicted molar refractivity (Wildman–Crippen MR) is 121 cm³/mol. The van der Waals surface area contributed by atoms with Crippen molar-refractivity contribution in [1.29, 1.82) is 0 Å². The van der Waals surface area contributed by atoms with Crippen LogP contribution in [0.25, 0.3) is 28.5 Å². The molecule has 1 aliphatic rings. The Bertz CT molecular complexity index is 1130. The van der Waals surface area contributed by atoms with Gasteiger partial charge in [0.1, 0.15) is 5.82 Å². The summed E-state index contributed by atoms with van der Waals surface area (Å²) in [6.07, 6.45) is 6.46. The number of thiazole rings is 1. The maximum Gasteiger partial charge on any atom is 0.180 e. The fourth-order valence-corrected chi connectivity index (χ4v) is 4.68. The molecule has 0 radical (unpaired) electrons. The molecule has 5 rings (SSSR count). The topological polar surface area (TPSA) is 70.8 Å². The molecule has 3 N–H and O–H groups in total. The quantitative estimate of drug-likeness (QED) is 0.532. The average Bonchev–Trinajstić information content (AvgIpc) is 3.27. The van der Waals surface area contributed by atoms with Crippen LogP contribution in [0.2, 0.25) is 0 Å². The summed E-state index contributed by atoms with van der Waals surface area (Å²) in [5, 5.41) is 0.701. The van der Waals surface area contributed by atoms with Crippen LogP contribution < -0.4 is 5.73 Å². The standard InChI is InChI=1S/C23H23N5S/c24-23-27-19-10-13-28(14-11-21(19)29-23)12-4-5-16-8-9-18-20(15-16)26-22(25-18)17-6-2-1-3-7-17/h1-9,15H,10-14H2,(H2,24,27)(H,25,26)/b5-4+. The zero-order chi connectivity index (χ0) is 19.6. The Morgan fingerprint density at radius 3 is 2.83 bits per heavy atom. The molecular formula is C23H23N5S. The third-order valence-electron chi connectivity index (χ3n) is 5.34. The minimum absolute atomic E-state index is 0.701. The smallest absolute Gasteiger partial charge is 0.180 e. The van der Waals surface area contributed by atoms with Crippen LogP contribution in [-0.4, -0.2) is 39.5 Å². The molecule has 2 aromatic heterocycles. The number of hydrogen-bond donors (Lipinski definition) is 2. The van der Waals surface area contributed by atoms with Gasteiger partial charge in [-0.15, -0.1) is 11.3 Å². The molecule has 0 unspecified atom stereocenters. The van der Waals surface area contributed by atoms with Crippen LogP contribution in [0.5, 0.6) is 0 Å². The van der Waals surface area contributed by atoms with Crippen molar-refractivity contribution in [1.82, 2.24) is 19.9 Å². The summed E-state index contributed by atoms with van der Waals surface area (Å²) in [5.74, 6) is 0.910. The van der Waals surface area contributed by atoms with Gasteiger partial charge in [0.15, 0.2) is 5.13 Å².